The molecule has 2 N–H and O–H groups in total. The van der Waals surface area contributed by atoms with Crippen molar-refractivity contribution in [3.63, 3.8) is 0 Å². The van der Waals surface area contributed by atoms with E-state index in [1.165, 1.54) is 11.6 Å². The summed E-state index contributed by atoms with van der Waals surface area (Å²) in [7, 11) is 0. The minimum Gasteiger partial charge on any atom is -0.381 e. The van der Waals surface area contributed by atoms with E-state index in [0.29, 0.717) is 25.4 Å². The lowest BCUT2D eigenvalue weighted by molar-refractivity contribution is 0.0778. The Hall–Kier alpha value is -2.40. The Balaban J connectivity index is 1.69. The first-order valence-corrected chi connectivity index (χ1v) is 8.68. The highest BCUT2D eigenvalue weighted by Gasteiger charge is 2.42. The van der Waals surface area contributed by atoms with Gasteiger partial charge in [0, 0.05) is 26.1 Å². The second-order valence-corrected chi connectivity index (χ2v) is 6.76. The molecule has 0 aliphatic carbocycles. The normalized spacial score (nSPS) is 20.0. The minimum atomic E-state index is -0.317. The monoisotopic (exact) mass is 339 g/mol. The van der Waals surface area contributed by atoms with Crippen molar-refractivity contribution in [3.8, 4) is 0 Å². The van der Waals surface area contributed by atoms with Gasteiger partial charge >= 0.3 is 0 Å². The SMILES string of the molecule is Cc1cccc(CN=C2Nc3c(F)cccc3NC23CCOCC3)c1. The third-order valence-electron chi connectivity index (χ3n) is 4.93. The fraction of sp³-hybridized carbons (Fsp3) is 0.350. The maximum Gasteiger partial charge on any atom is 0.148 e. The average Bonchev–Trinajstić information content (AvgIpc) is 2.61. The summed E-state index contributed by atoms with van der Waals surface area (Å²) in [6, 6.07) is 13.4. The topological polar surface area (TPSA) is 45.7 Å². The van der Waals surface area contributed by atoms with E-state index in [4.69, 9.17) is 9.73 Å². The quantitative estimate of drug-likeness (QED) is 0.865. The summed E-state index contributed by atoms with van der Waals surface area (Å²) in [5.41, 5.74) is 3.31. The third-order valence-corrected chi connectivity index (χ3v) is 4.93. The van der Waals surface area contributed by atoms with E-state index < -0.39 is 0 Å². The number of ether oxygens (including phenoxy) is 1. The van der Waals surface area contributed by atoms with Crippen LogP contribution < -0.4 is 10.6 Å². The molecular weight excluding hydrogens is 317 g/mol. The Morgan fingerprint density at radius 3 is 2.76 bits per heavy atom. The van der Waals surface area contributed by atoms with Crippen molar-refractivity contribution in [2.75, 3.05) is 23.8 Å². The number of amidine groups is 1. The highest BCUT2D eigenvalue weighted by molar-refractivity contribution is 6.09. The summed E-state index contributed by atoms with van der Waals surface area (Å²) in [5.74, 6) is 0.532. The molecule has 1 fully saturated rings. The molecule has 1 saturated heterocycles. The fourth-order valence-electron chi connectivity index (χ4n) is 3.56. The van der Waals surface area contributed by atoms with Gasteiger partial charge in [-0.2, -0.15) is 0 Å². The van der Waals surface area contributed by atoms with Crippen molar-refractivity contribution in [3.05, 3.63) is 59.4 Å². The number of fused-ring (bicyclic) bond motifs is 1. The first-order valence-electron chi connectivity index (χ1n) is 8.68. The molecule has 0 unspecified atom stereocenters. The molecule has 2 heterocycles. The van der Waals surface area contributed by atoms with Gasteiger partial charge < -0.3 is 15.4 Å². The number of halogens is 1. The van der Waals surface area contributed by atoms with Gasteiger partial charge in [0.1, 0.15) is 11.7 Å². The molecule has 0 aromatic heterocycles. The van der Waals surface area contributed by atoms with Gasteiger partial charge in [-0.25, -0.2) is 4.39 Å². The molecule has 130 valence electrons. The molecule has 1 spiro atoms. The van der Waals surface area contributed by atoms with E-state index in [1.807, 2.05) is 12.1 Å². The molecular formula is C20H22FN3O. The first-order chi connectivity index (χ1) is 12.2. The molecule has 0 saturated carbocycles. The Labute approximate surface area is 147 Å². The lowest BCUT2D eigenvalue weighted by Crippen LogP contribution is -2.55. The largest absolute Gasteiger partial charge is 0.381 e. The van der Waals surface area contributed by atoms with Gasteiger partial charge in [-0.3, -0.25) is 4.99 Å². The van der Waals surface area contributed by atoms with Gasteiger partial charge in [-0.05, 0) is 24.6 Å². The van der Waals surface area contributed by atoms with E-state index in [-0.39, 0.29) is 11.4 Å². The Morgan fingerprint density at radius 2 is 1.96 bits per heavy atom. The van der Waals surface area contributed by atoms with Crippen molar-refractivity contribution < 1.29 is 9.13 Å². The van der Waals surface area contributed by atoms with Crippen LogP contribution >= 0.6 is 0 Å². The van der Waals surface area contributed by atoms with Crippen LogP contribution in [0.1, 0.15) is 24.0 Å². The minimum absolute atomic E-state index is 0.268. The van der Waals surface area contributed by atoms with E-state index >= 15 is 0 Å². The summed E-state index contributed by atoms with van der Waals surface area (Å²) >= 11 is 0. The van der Waals surface area contributed by atoms with Crippen LogP contribution in [0.5, 0.6) is 0 Å². The number of nitrogens with zero attached hydrogens (tertiary/aromatic N) is 1. The maximum absolute atomic E-state index is 14.2. The molecule has 2 aliphatic rings. The second-order valence-electron chi connectivity index (χ2n) is 6.76. The Bertz CT molecular complexity index is 812. The van der Waals surface area contributed by atoms with Crippen LogP contribution in [-0.4, -0.2) is 24.6 Å². The molecule has 25 heavy (non-hydrogen) atoms. The summed E-state index contributed by atoms with van der Waals surface area (Å²) in [6.07, 6.45) is 1.62. The van der Waals surface area contributed by atoms with Crippen LogP contribution in [0, 0.1) is 12.7 Å². The molecule has 0 atom stereocenters. The number of para-hydroxylation sites is 1. The summed E-state index contributed by atoms with van der Waals surface area (Å²) < 4.78 is 19.8. The number of benzene rings is 2. The number of aliphatic imine (C=N–C) groups is 1. The molecule has 2 aromatic carbocycles. The summed E-state index contributed by atoms with van der Waals surface area (Å²) in [4.78, 5) is 4.83. The smallest absolute Gasteiger partial charge is 0.148 e. The zero-order valence-corrected chi connectivity index (χ0v) is 14.3. The van der Waals surface area contributed by atoms with E-state index in [1.54, 1.807) is 6.07 Å². The lowest BCUT2D eigenvalue weighted by Gasteiger charge is -2.43. The highest BCUT2D eigenvalue weighted by atomic mass is 19.1. The third kappa shape index (κ3) is 3.12. The van der Waals surface area contributed by atoms with E-state index in [2.05, 4.69) is 35.8 Å². The molecule has 4 rings (SSSR count). The van der Waals surface area contributed by atoms with Crippen LogP contribution in [0.4, 0.5) is 15.8 Å². The molecule has 2 aromatic rings. The van der Waals surface area contributed by atoms with Gasteiger partial charge in [0.25, 0.3) is 0 Å². The number of hydrogen-bond acceptors (Lipinski definition) is 3. The first kappa shape index (κ1) is 16.1. The van der Waals surface area contributed by atoms with Crippen LogP contribution in [0.3, 0.4) is 0 Å². The van der Waals surface area contributed by atoms with Gasteiger partial charge in [0.05, 0.1) is 23.5 Å². The number of hydrogen-bond donors (Lipinski definition) is 2. The predicted molar refractivity (Wildman–Crippen MR) is 98.7 cm³/mol. The summed E-state index contributed by atoms with van der Waals surface area (Å²) in [5, 5.41) is 6.81. The molecule has 4 nitrogen and oxygen atoms in total. The van der Waals surface area contributed by atoms with Crippen molar-refractivity contribution in [2.45, 2.75) is 31.8 Å². The number of aryl methyl sites for hydroxylation is 1. The zero-order valence-electron chi connectivity index (χ0n) is 14.3. The van der Waals surface area contributed by atoms with E-state index in [0.717, 1.165) is 29.9 Å². The van der Waals surface area contributed by atoms with Crippen molar-refractivity contribution >= 4 is 17.2 Å². The average molecular weight is 339 g/mol. The lowest BCUT2D eigenvalue weighted by atomic mass is 9.86. The zero-order chi connectivity index (χ0) is 17.3. The second kappa shape index (κ2) is 6.48. The Kier molecular flexibility index (Phi) is 4.17. The standard InChI is InChI=1S/C20H22FN3O/c1-14-4-2-5-15(12-14)13-22-19-20(8-10-25-11-9-20)24-17-7-3-6-16(21)18(17)23-19/h2-7,12,24H,8-11,13H2,1H3,(H,22,23). The maximum atomic E-state index is 14.2. The fourth-order valence-corrected chi connectivity index (χ4v) is 3.56. The van der Waals surface area contributed by atoms with Gasteiger partial charge in [-0.15, -0.1) is 0 Å². The molecule has 0 amide bonds. The number of nitrogens with one attached hydrogen (secondary N) is 2. The highest BCUT2D eigenvalue weighted by Crippen LogP contribution is 2.38. The van der Waals surface area contributed by atoms with Crippen LogP contribution in [0.25, 0.3) is 0 Å². The van der Waals surface area contributed by atoms with Gasteiger partial charge in [0.15, 0.2) is 0 Å². The van der Waals surface area contributed by atoms with Crippen LogP contribution in [0.2, 0.25) is 0 Å². The molecule has 0 bridgehead atoms. The van der Waals surface area contributed by atoms with E-state index in [9.17, 15) is 4.39 Å². The number of anilines is 2. The molecule has 5 heteroatoms. The van der Waals surface area contributed by atoms with Crippen LogP contribution in [0.15, 0.2) is 47.5 Å². The van der Waals surface area contributed by atoms with Crippen molar-refractivity contribution in [1.82, 2.24) is 0 Å². The summed E-state index contributed by atoms with van der Waals surface area (Å²) in [6.45, 7) is 3.98. The number of rotatable bonds is 2. The van der Waals surface area contributed by atoms with Crippen LogP contribution in [-0.2, 0) is 11.3 Å². The molecule has 2 aliphatic heterocycles. The predicted octanol–water partition coefficient (Wildman–Crippen LogP) is 4.12. The van der Waals surface area contributed by atoms with Crippen molar-refractivity contribution in [1.29, 1.82) is 0 Å². The molecule has 0 radical (unpaired) electrons. The van der Waals surface area contributed by atoms with Gasteiger partial charge in [-0.1, -0.05) is 35.9 Å². The van der Waals surface area contributed by atoms with Crippen molar-refractivity contribution in [2.24, 2.45) is 4.99 Å². The Morgan fingerprint density at radius 1 is 1.16 bits per heavy atom. The van der Waals surface area contributed by atoms with Gasteiger partial charge in [0.2, 0.25) is 0 Å².